The Morgan fingerprint density at radius 1 is 1.13 bits per heavy atom. The maximum Gasteiger partial charge on any atom is 0.290 e. The van der Waals surface area contributed by atoms with E-state index < -0.39 is 0 Å². The fourth-order valence-corrected chi connectivity index (χ4v) is 4.09. The van der Waals surface area contributed by atoms with E-state index in [-0.39, 0.29) is 25.2 Å². The summed E-state index contributed by atoms with van der Waals surface area (Å²) in [6, 6.07) is 12.2. The zero-order chi connectivity index (χ0) is 20.9. The summed E-state index contributed by atoms with van der Waals surface area (Å²) in [5.41, 5.74) is 1.79. The van der Waals surface area contributed by atoms with Crippen LogP contribution >= 0.6 is 0 Å². The first-order valence-corrected chi connectivity index (χ1v) is 9.89. The van der Waals surface area contributed by atoms with Crippen molar-refractivity contribution in [1.29, 1.82) is 0 Å². The van der Waals surface area contributed by atoms with Gasteiger partial charge in [-0.1, -0.05) is 0 Å². The molecule has 0 spiro atoms. The average Bonchev–Trinajstić information content (AvgIpc) is 3.43. The van der Waals surface area contributed by atoms with Crippen molar-refractivity contribution in [3.8, 4) is 22.9 Å². The first-order chi connectivity index (χ1) is 14.7. The van der Waals surface area contributed by atoms with Gasteiger partial charge in [-0.25, -0.2) is 4.98 Å². The van der Waals surface area contributed by atoms with Crippen LogP contribution in [0.3, 0.4) is 0 Å². The molecule has 3 heterocycles. The summed E-state index contributed by atoms with van der Waals surface area (Å²) in [7, 11) is 0. The Morgan fingerprint density at radius 3 is 2.70 bits per heavy atom. The molecule has 3 aliphatic heterocycles. The van der Waals surface area contributed by atoms with Crippen molar-refractivity contribution in [3.05, 3.63) is 54.4 Å². The number of ether oxygens (including phenoxy) is 2. The van der Waals surface area contributed by atoms with Crippen LogP contribution in [-0.2, 0) is 4.79 Å². The summed E-state index contributed by atoms with van der Waals surface area (Å²) in [4.78, 5) is 25.4. The van der Waals surface area contributed by atoms with E-state index in [9.17, 15) is 4.79 Å². The maximum atomic E-state index is 12.6. The highest BCUT2D eigenvalue weighted by atomic mass is 16.7. The topological polar surface area (TPSA) is 103 Å². The number of rotatable bonds is 3. The second-order valence-electron chi connectivity index (χ2n) is 7.29. The highest BCUT2D eigenvalue weighted by Gasteiger charge is 2.26. The van der Waals surface area contributed by atoms with E-state index in [4.69, 9.17) is 19.4 Å². The van der Waals surface area contributed by atoms with Gasteiger partial charge in [0.05, 0.1) is 0 Å². The van der Waals surface area contributed by atoms with Crippen LogP contribution in [0.25, 0.3) is 11.4 Å². The van der Waals surface area contributed by atoms with E-state index in [1.807, 2.05) is 12.3 Å². The smallest absolute Gasteiger partial charge is 0.290 e. The standard InChI is InChI=1S/C21H21N3O3.CH2O2/c25-21(15-3-8-18-19(12-15)27-13-26-18)23-16-4-6-17(7-5-16)24-11-1-2-14-9-10-22-20(14)24;2-1-3/h1-3,8-12,16-17H,4-7,13H2,(H,23,25);1H,(H,2,3). The molecule has 8 heteroatoms. The summed E-state index contributed by atoms with van der Waals surface area (Å²) >= 11 is 0. The first-order valence-electron chi connectivity index (χ1n) is 9.89. The number of nitrogens with one attached hydrogen (secondary N) is 1. The van der Waals surface area contributed by atoms with Gasteiger partial charge in [0.25, 0.3) is 12.4 Å². The maximum absolute atomic E-state index is 12.6. The molecule has 5 rings (SSSR count). The molecule has 30 heavy (non-hydrogen) atoms. The van der Waals surface area contributed by atoms with Gasteiger partial charge in [-0.2, -0.15) is 0 Å². The van der Waals surface area contributed by atoms with Crippen LogP contribution in [0.15, 0.2) is 48.8 Å². The number of amides is 1. The second-order valence-corrected chi connectivity index (χ2v) is 7.29. The monoisotopic (exact) mass is 409 g/mol. The summed E-state index contributed by atoms with van der Waals surface area (Å²) in [6.45, 7) is -0.0346. The molecule has 8 nitrogen and oxygen atoms in total. The number of aromatic nitrogens is 2. The van der Waals surface area contributed by atoms with Crippen LogP contribution < -0.4 is 14.8 Å². The summed E-state index contributed by atoms with van der Waals surface area (Å²) in [6.07, 6.45) is 7.96. The van der Waals surface area contributed by atoms with Crippen LogP contribution in [0.1, 0.15) is 42.1 Å². The number of hydrogen-bond acceptors (Lipinski definition) is 5. The number of nitrogens with zero attached hydrogens (tertiary/aromatic N) is 2. The lowest BCUT2D eigenvalue weighted by Gasteiger charge is -2.31. The van der Waals surface area contributed by atoms with Gasteiger partial charge in [0, 0.05) is 35.6 Å². The SMILES string of the molecule is O=C(NC1CCC(n2cccc3ccnc2-3)CC1)c1ccc2c(c1)OCO2.O=CO. The number of fused-ring (bicyclic) bond motifs is 2. The van der Waals surface area contributed by atoms with Crippen molar-refractivity contribution >= 4 is 12.4 Å². The van der Waals surface area contributed by atoms with Gasteiger partial charge in [-0.15, -0.1) is 0 Å². The highest BCUT2D eigenvalue weighted by Crippen LogP contribution is 2.34. The van der Waals surface area contributed by atoms with Crippen LogP contribution in [-0.4, -0.2) is 39.9 Å². The first kappa shape index (κ1) is 19.8. The lowest BCUT2D eigenvalue weighted by atomic mass is 9.90. The van der Waals surface area contributed by atoms with Gasteiger partial charge >= 0.3 is 0 Å². The minimum Gasteiger partial charge on any atom is -0.483 e. The minimum absolute atomic E-state index is 0.0517. The van der Waals surface area contributed by atoms with E-state index in [1.54, 1.807) is 18.2 Å². The number of carboxylic acid groups (broad SMARTS) is 1. The van der Waals surface area contributed by atoms with E-state index in [0.29, 0.717) is 23.1 Å². The molecule has 0 unspecified atom stereocenters. The number of hydrogen-bond donors (Lipinski definition) is 2. The Labute approximate surface area is 173 Å². The Balaban J connectivity index is 0.000000687. The third-order valence-corrected chi connectivity index (χ3v) is 5.54. The summed E-state index contributed by atoms with van der Waals surface area (Å²) < 4.78 is 12.9. The van der Waals surface area contributed by atoms with Crippen LogP contribution in [0, 0.1) is 0 Å². The van der Waals surface area contributed by atoms with Gasteiger partial charge in [0.1, 0.15) is 5.82 Å². The van der Waals surface area contributed by atoms with E-state index >= 15 is 0 Å². The van der Waals surface area contributed by atoms with Crippen molar-refractivity contribution < 1.29 is 24.2 Å². The molecule has 0 aromatic heterocycles. The van der Waals surface area contributed by atoms with Crippen LogP contribution in [0.5, 0.6) is 11.5 Å². The molecule has 1 aromatic rings. The third-order valence-electron chi connectivity index (χ3n) is 5.54. The van der Waals surface area contributed by atoms with E-state index in [1.165, 1.54) is 5.56 Å². The van der Waals surface area contributed by atoms with Gasteiger partial charge in [0.15, 0.2) is 11.5 Å². The molecular formula is C22H23N3O5. The molecule has 1 aliphatic carbocycles. The predicted octanol–water partition coefficient (Wildman–Crippen LogP) is 3.33. The fourth-order valence-electron chi connectivity index (χ4n) is 4.09. The Kier molecular flexibility index (Phi) is 5.83. The number of carbonyl (C=O) groups is 2. The molecule has 2 N–H and O–H groups in total. The third kappa shape index (κ3) is 4.07. The molecule has 1 saturated carbocycles. The predicted molar refractivity (Wildman–Crippen MR) is 109 cm³/mol. The molecule has 4 aliphatic rings. The molecular weight excluding hydrogens is 386 g/mol. The Morgan fingerprint density at radius 2 is 1.90 bits per heavy atom. The summed E-state index contributed by atoms with van der Waals surface area (Å²) in [5.74, 6) is 2.33. The molecule has 0 saturated heterocycles. The molecule has 1 fully saturated rings. The molecule has 1 amide bonds. The van der Waals surface area contributed by atoms with Gasteiger partial charge in [-0.05, 0) is 62.1 Å². The molecule has 1 aromatic carbocycles. The zero-order valence-electron chi connectivity index (χ0n) is 16.4. The quantitative estimate of drug-likeness (QED) is 0.643. The van der Waals surface area contributed by atoms with E-state index in [2.05, 4.69) is 33.2 Å². The van der Waals surface area contributed by atoms with Crippen molar-refractivity contribution in [1.82, 2.24) is 14.9 Å². The zero-order valence-corrected chi connectivity index (χ0v) is 16.4. The van der Waals surface area contributed by atoms with Crippen LogP contribution in [0.4, 0.5) is 0 Å². The van der Waals surface area contributed by atoms with Crippen molar-refractivity contribution in [2.75, 3.05) is 6.79 Å². The lowest BCUT2D eigenvalue weighted by molar-refractivity contribution is -0.122. The van der Waals surface area contributed by atoms with Crippen molar-refractivity contribution in [2.24, 2.45) is 0 Å². The van der Waals surface area contributed by atoms with Crippen molar-refractivity contribution in [3.63, 3.8) is 0 Å². The van der Waals surface area contributed by atoms with E-state index in [0.717, 1.165) is 31.5 Å². The molecule has 0 atom stereocenters. The fraction of sp³-hybridized carbons (Fsp3) is 0.318. The lowest BCUT2D eigenvalue weighted by Crippen LogP contribution is -2.38. The number of benzene rings is 1. The molecule has 0 bridgehead atoms. The highest BCUT2D eigenvalue weighted by molar-refractivity contribution is 5.95. The minimum atomic E-state index is -0.250. The Hall–Kier alpha value is -3.55. The van der Waals surface area contributed by atoms with Gasteiger partial charge in [0.2, 0.25) is 6.79 Å². The molecule has 0 radical (unpaired) electrons. The van der Waals surface area contributed by atoms with Crippen LogP contribution in [0.2, 0.25) is 0 Å². The van der Waals surface area contributed by atoms with Crippen molar-refractivity contribution in [2.45, 2.75) is 37.8 Å². The largest absolute Gasteiger partial charge is 0.483 e. The van der Waals surface area contributed by atoms with Gasteiger partial charge < -0.3 is 24.5 Å². The summed E-state index contributed by atoms with van der Waals surface area (Å²) in [5, 5.41) is 10.1. The van der Waals surface area contributed by atoms with Gasteiger partial charge in [-0.3, -0.25) is 9.59 Å². The molecule has 156 valence electrons. The normalized spacial score (nSPS) is 19.6. The second kappa shape index (κ2) is 8.86. The average molecular weight is 409 g/mol. The number of pyridine rings is 1. The Bertz CT molecular complexity index is 994. The number of carbonyl (C=O) groups excluding carboxylic acids is 1.